The van der Waals surface area contributed by atoms with E-state index >= 15 is 0 Å². The second kappa shape index (κ2) is 5.48. The summed E-state index contributed by atoms with van der Waals surface area (Å²) in [5.41, 5.74) is -1.88. The molecule has 2 N–H and O–H groups in total. The molecule has 4 aliphatic carbocycles. The van der Waals surface area contributed by atoms with Crippen molar-refractivity contribution in [3.8, 4) is 0 Å². The Hall–Kier alpha value is -1.20. The molecule has 8 unspecified atom stereocenters. The van der Waals surface area contributed by atoms with E-state index in [1.165, 1.54) is 0 Å². The first-order valence-electron chi connectivity index (χ1n) is 10.5. The SMILES string of the molecule is C=CC1(C)CC(OC(=O)CO)C2(C)C(C)C34CC(CCC3=O)(C42)C(C)(C)C1O. The van der Waals surface area contributed by atoms with E-state index in [0.717, 1.165) is 12.8 Å². The Labute approximate surface area is 167 Å². The van der Waals surface area contributed by atoms with Gasteiger partial charge >= 0.3 is 5.97 Å². The molecule has 0 radical (unpaired) electrons. The fourth-order valence-electron chi connectivity index (χ4n) is 8.43. The third-order valence-corrected chi connectivity index (χ3v) is 10.1. The average Bonchev–Trinajstić information content (AvgIpc) is 2.64. The fourth-order valence-corrected chi connectivity index (χ4v) is 8.43. The Morgan fingerprint density at radius 3 is 2.54 bits per heavy atom. The minimum Gasteiger partial charge on any atom is -0.460 e. The molecule has 2 bridgehead atoms. The molecule has 156 valence electrons. The normalized spacial score (nSPS) is 53.6. The quantitative estimate of drug-likeness (QED) is 0.572. The molecule has 0 saturated heterocycles. The van der Waals surface area contributed by atoms with Crippen molar-refractivity contribution >= 4 is 11.8 Å². The van der Waals surface area contributed by atoms with Gasteiger partial charge in [-0.05, 0) is 41.9 Å². The van der Waals surface area contributed by atoms with Crippen LogP contribution in [-0.2, 0) is 14.3 Å². The maximum absolute atomic E-state index is 13.0. The highest BCUT2D eigenvalue weighted by Crippen LogP contribution is 2.89. The number of Topliss-reactive ketones (excluding diaryl/α,β-unsaturated/α-hetero) is 1. The molecule has 4 rings (SSSR count). The molecule has 8 atom stereocenters. The van der Waals surface area contributed by atoms with Crippen LogP contribution in [0.5, 0.6) is 0 Å². The van der Waals surface area contributed by atoms with Crippen LogP contribution in [-0.4, -0.2) is 40.8 Å². The van der Waals surface area contributed by atoms with Gasteiger partial charge in [0.15, 0.2) is 0 Å². The number of hydrogen-bond donors (Lipinski definition) is 2. The summed E-state index contributed by atoms with van der Waals surface area (Å²) in [6, 6.07) is 0. The third kappa shape index (κ3) is 1.82. The van der Waals surface area contributed by atoms with E-state index in [9.17, 15) is 19.8 Å². The summed E-state index contributed by atoms with van der Waals surface area (Å²) in [7, 11) is 0. The Morgan fingerprint density at radius 2 is 1.96 bits per heavy atom. The van der Waals surface area contributed by atoms with E-state index in [2.05, 4.69) is 34.3 Å². The number of hydrogen-bond acceptors (Lipinski definition) is 5. The zero-order valence-electron chi connectivity index (χ0n) is 17.7. The highest BCUT2D eigenvalue weighted by atomic mass is 16.6. The van der Waals surface area contributed by atoms with Crippen LogP contribution >= 0.6 is 0 Å². The summed E-state index contributed by atoms with van der Waals surface area (Å²) in [6.07, 6.45) is 3.25. The Kier molecular flexibility index (Phi) is 3.93. The lowest BCUT2D eigenvalue weighted by molar-refractivity contribution is -0.396. The molecule has 4 fully saturated rings. The molecular formula is C23H34O5. The second-order valence-corrected chi connectivity index (χ2v) is 11.0. The molecule has 0 aromatic heterocycles. The first-order valence-corrected chi connectivity index (χ1v) is 10.5. The van der Waals surface area contributed by atoms with Crippen molar-refractivity contribution in [2.24, 2.45) is 38.9 Å². The summed E-state index contributed by atoms with van der Waals surface area (Å²) in [5.74, 6) is -0.110. The highest BCUT2D eigenvalue weighted by molar-refractivity contribution is 5.91. The molecule has 4 saturated carbocycles. The number of aliphatic hydroxyl groups excluding tert-OH is 2. The summed E-state index contributed by atoms with van der Waals surface area (Å²) >= 11 is 0. The number of aliphatic hydroxyl groups is 2. The topological polar surface area (TPSA) is 83.8 Å². The number of esters is 1. The lowest BCUT2D eigenvalue weighted by Gasteiger charge is -2.87. The maximum Gasteiger partial charge on any atom is 0.332 e. The standard InChI is InChI=1S/C23H34O5/c1-7-20(5)10-15(28-16(26)11-24)21(6)13(2)23-12-22(17(21)23,9-8-14(23)25)19(3,4)18(20)27/h7,13,15,17-18,24,27H,1,8-12H2,2-6H3. The number of carbonyl (C=O) groups excluding carboxylic acids is 2. The molecule has 0 heterocycles. The first-order chi connectivity index (χ1) is 12.9. The van der Waals surface area contributed by atoms with E-state index in [0.29, 0.717) is 18.6 Å². The van der Waals surface area contributed by atoms with Gasteiger partial charge in [-0.2, -0.15) is 0 Å². The van der Waals surface area contributed by atoms with Crippen LogP contribution in [0.15, 0.2) is 12.7 Å². The molecule has 0 aromatic carbocycles. The molecule has 0 aliphatic heterocycles. The number of rotatable bonds is 3. The monoisotopic (exact) mass is 390 g/mol. The van der Waals surface area contributed by atoms with E-state index in [1.54, 1.807) is 6.08 Å². The van der Waals surface area contributed by atoms with E-state index < -0.39 is 35.6 Å². The molecule has 5 heteroatoms. The largest absolute Gasteiger partial charge is 0.460 e. The lowest BCUT2D eigenvalue weighted by Crippen LogP contribution is -2.87. The molecule has 0 aromatic rings. The third-order valence-electron chi connectivity index (χ3n) is 10.1. The summed E-state index contributed by atoms with van der Waals surface area (Å²) in [5, 5.41) is 20.9. The summed E-state index contributed by atoms with van der Waals surface area (Å²) < 4.78 is 5.80. The van der Waals surface area contributed by atoms with Crippen LogP contribution in [0.3, 0.4) is 0 Å². The van der Waals surface area contributed by atoms with Crippen molar-refractivity contribution in [2.45, 2.75) is 72.5 Å². The molecule has 5 nitrogen and oxygen atoms in total. The molecule has 28 heavy (non-hydrogen) atoms. The van der Waals surface area contributed by atoms with E-state index in [-0.39, 0.29) is 28.1 Å². The van der Waals surface area contributed by atoms with Crippen LogP contribution in [0.4, 0.5) is 0 Å². The second-order valence-electron chi connectivity index (χ2n) is 11.0. The van der Waals surface area contributed by atoms with Gasteiger partial charge in [-0.25, -0.2) is 4.79 Å². The molecular weight excluding hydrogens is 356 g/mol. The van der Waals surface area contributed by atoms with E-state index in [1.807, 2.05) is 6.92 Å². The predicted octanol–water partition coefficient (Wildman–Crippen LogP) is 2.89. The number of carbonyl (C=O) groups is 2. The highest BCUT2D eigenvalue weighted by Gasteiger charge is 2.88. The predicted molar refractivity (Wildman–Crippen MR) is 104 cm³/mol. The minimum absolute atomic E-state index is 0.0965. The Morgan fingerprint density at radius 1 is 1.32 bits per heavy atom. The van der Waals surface area contributed by atoms with E-state index in [4.69, 9.17) is 4.74 Å². The maximum atomic E-state index is 13.0. The fraction of sp³-hybridized carbons (Fsp3) is 0.826. The minimum atomic E-state index is -0.667. The van der Waals surface area contributed by atoms with Gasteiger partial charge in [-0.1, -0.05) is 40.7 Å². The smallest absolute Gasteiger partial charge is 0.332 e. The van der Waals surface area contributed by atoms with Crippen molar-refractivity contribution < 1.29 is 24.5 Å². The van der Waals surface area contributed by atoms with Crippen LogP contribution in [0, 0.1) is 38.9 Å². The summed E-state index contributed by atoms with van der Waals surface area (Å²) in [4.78, 5) is 25.1. The van der Waals surface area contributed by atoms with Crippen LogP contribution < -0.4 is 0 Å². The van der Waals surface area contributed by atoms with Crippen molar-refractivity contribution in [1.82, 2.24) is 0 Å². The van der Waals surface area contributed by atoms with Gasteiger partial charge in [-0.15, -0.1) is 6.58 Å². The average molecular weight is 391 g/mol. The van der Waals surface area contributed by atoms with Crippen molar-refractivity contribution in [3.63, 3.8) is 0 Å². The zero-order valence-corrected chi connectivity index (χ0v) is 17.7. The summed E-state index contributed by atoms with van der Waals surface area (Å²) in [6.45, 7) is 13.9. The lowest BCUT2D eigenvalue weighted by atomic mass is 9.16. The first kappa shape index (κ1) is 20.1. The van der Waals surface area contributed by atoms with Gasteiger partial charge in [0.2, 0.25) is 0 Å². The van der Waals surface area contributed by atoms with Gasteiger partial charge < -0.3 is 14.9 Å². The van der Waals surface area contributed by atoms with Crippen molar-refractivity contribution in [1.29, 1.82) is 0 Å². The van der Waals surface area contributed by atoms with Crippen molar-refractivity contribution in [2.75, 3.05) is 6.61 Å². The number of ether oxygens (including phenoxy) is 1. The Balaban J connectivity index is 1.90. The Bertz CT molecular complexity index is 758. The van der Waals surface area contributed by atoms with Gasteiger partial charge in [-0.3, -0.25) is 4.79 Å². The van der Waals surface area contributed by atoms with Crippen LogP contribution in [0.25, 0.3) is 0 Å². The number of ketones is 1. The van der Waals surface area contributed by atoms with Crippen molar-refractivity contribution in [3.05, 3.63) is 12.7 Å². The molecule has 2 spiro atoms. The van der Waals surface area contributed by atoms with Crippen LogP contribution in [0.1, 0.15) is 60.3 Å². The molecule has 0 amide bonds. The van der Waals surface area contributed by atoms with Crippen LogP contribution in [0.2, 0.25) is 0 Å². The van der Waals surface area contributed by atoms with Gasteiger partial charge in [0.1, 0.15) is 18.5 Å². The van der Waals surface area contributed by atoms with Gasteiger partial charge in [0, 0.05) is 22.7 Å². The van der Waals surface area contributed by atoms with Gasteiger partial charge in [0.25, 0.3) is 0 Å². The molecule has 4 aliphatic rings. The van der Waals surface area contributed by atoms with Gasteiger partial charge in [0.05, 0.1) is 6.10 Å². The zero-order chi connectivity index (χ0) is 20.9.